The average molecular weight is 1140 g/mol. The van der Waals surface area contributed by atoms with Gasteiger partial charge in [-0.3, -0.25) is 39.5 Å². The molecule has 3 aliphatic rings. The molecule has 3 amide bonds. The van der Waals surface area contributed by atoms with Gasteiger partial charge in [-0.2, -0.15) is 0 Å². The summed E-state index contributed by atoms with van der Waals surface area (Å²) in [6.45, 7) is 9.52. The molecule has 3 aliphatic carbocycles. The molecule has 79 heavy (non-hydrogen) atoms. The maximum atomic E-state index is 13.3. The van der Waals surface area contributed by atoms with Crippen molar-refractivity contribution in [2.75, 3.05) is 16.0 Å². The highest BCUT2D eigenvalue weighted by atomic mass is 35.5. The highest BCUT2D eigenvalue weighted by Crippen LogP contribution is 2.49. The highest BCUT2D eigenvalue weighted by molar-refractivity contribution is 6.30. The van der Waals surface area contributed by atoms with Crippen LogP contribution in [0.4, 0.5) is 35.4 Å². The monoisotopic (exact) mass is 1130 g/mol. The standard InChI is InChI=1S/C23H23N5O3.2C15H17ClF2N4O2/c1-14-8-11-17-21(24-14)28(20-12-18(27-31-20)15-9-10-15)22(25-17)26-19(29)13-23(2,30)16-6-4-3-5-7-16;2*1-14(2,24)7-11(23)21-13-19-9-3-4-10(16)20-12(9)22(13)8-5-15(17,18)6-8/h3-8,11-12,15,30H,9-10,13H2,1-2H3,(H,25,26,29);2*3-4,8,24H,5-7H2,1-2H3,(H,19,21,23)/t23-;;/m0../s1. The van der Waals surface area contributed by atoms with E-state index in [1.54, 1.807) is 47.9 Å². The second-order valence-electron chi connectivity index (χ2n) is 21.8. The number of nitrogens with zero attached hydrogens (tertiary/aromatic N) is 10. The average Bonchev–Trinajstić information content (AvgIpc) is 3.93. The second kappa shape index (κ2) is 21.5. The number of imidazole rings is 3. The number of fused-ring (bicyclic) bond motifs is 3. The minimum Gasteiger partial charge on any atom is -0.390 e. The normalized spacial score (nSPS) is 16.9. The second-order valence-corrected chi connectivity index (χ2v) is 22.5. The number of aliphatic hydroxyl groups is 3. The predicted octanol–water partition coefficient (Wildman–Crippen LogP) is 10.1. The number of anilines is 3. The van der Waals surface area contributed by atoms with Gasteiger partial charge in [0.1, 0.15) is 26.9 Å². The van der Waals surface area contributed by atoms with Crippen molar-refractivity contribution in [1.29, 1.82) is 0 Å². The molecule has 7 heterocycles. The quantitative estimate of drug-likeness (QED) is 0.0437. The van der Waals surface area contributed by atoms with Crippen molar-refractivity contribution in [3.05, 3.63) is 100 Å². The fourth-order valence-corrected chi connectivity index (χ4v) is 9.48. The summed E-state index contributed by atoms with van der Waals surface area (Å²) in [6, 6.07) is 20.0. The van der Waals surface area contributed by atoms with Crippen LogP contribution in [0.15, 0.2) is 77.3 Å². The molecule has 0 radical (unpaired) electrons. The number of aryl methyl sites for hydroxylation is 1. The lowest BCUT2D eigenvalue weighted by atomic mass is 9.88. The number of nitrogens with one attached hydrogen (secondary N) is 3. The van der Waals surface area contributed by atoms with Crippen LogP contribution in [0.3, 0.4) is 0 Å². The molecule has 7 aromatic heterocycles. The van der Waals surface area contributed by atoms with E-state index in [4.69, 9.17) is 27.7 Å². The van der Waals surface area contributed by atoms with E-state index in [1.807, 2.05) is 43.3 Å². The Kier molecular flexibility index (Phi) is 15.4. The Morgan fingerprint density at radius 3 is 1.53 bits per heavy atom. The first-order valence-corrected chi connectivity index (χ1v) is 26.0. The Morgan fingerprint density at radius 1 is 0.620 bits per heavy atom. The fourth-order valence-electron chi connectivity index (χ4n) is 9.20. The number of hydrogen-bond acceptors (Lipinski definition) is 14. The molecule has 6 N–H and O–H groups in total. The Labute approximate surface area is 459 Å². The topological polar surface area (TPSA) is 266 Å². The van der Waals surface area contributed by atoms with Crippen molar-refractivity contribution in [2.24, 2.45) is 0 Å². The number of carbonyl (C=O) groups excluding carboxylic acids is 3. The van der Waals surface area contributed by atoms with Crippen LogP contribution >= 0.6 is 23.2 Å². The van der Waals surface area contributed by atoms with Gasteiger partial charge in [0, 0.05) is 43.4 Å². The summed E-state index contributed by atoms with van der Waals surface area (Å²) >= 11 is 11.8. The SMILES string of the molecule is CC(C)(O)CC(=O)Nc1nc2ccc(Cl)nc2n1C1CC(F)(F)C1.CC(C)(O)CC(=O)Nc1nc2ccc(Cl)nc2n1C1CC(F)(F)C1.Cc1ccc2nc(NC(=O)C[C@](C)(O)c3ccccc3)n(-c3cc(C4CC4)no3)c2n1. The highest BCUT2D eigenvalue weighted by Gasteiger charge is 2.49. The van der Waals surface area contributed by atoms with E-state index in [0.29, 0.717) is 50.9 Å². The molecule has 1 atom stereocenters. The summed E-state index contributed by atoms with van der Waals surface area (Å²) in [4.78, 5) is 62.9. The number of rotatable bonds is 14. The number of hydrogen-bond donors (Lipinski definition) is 6. The van der Waals surface area contributed by atoms with Gasteiger partial charge >= 0.3 is 0 Å². The zero-order chi connectivity index (χ0) is 57.0. The first-order valence-electron chi connectivity index (χ1n) is 25.3. The van der Waals surface area contributed by atoms with Gasteiger partial charge in [-0.25, -0.2) is 52.0 Å². The first-order chi connectivity index (χ1) is 37.0. The molecule has 3 fully saturated rings. The fraction of sp³-hybridized carbons (Fsp3) is 0.434. The first kappa shape index (κ1) is 56.6. The number of pyridine rings is 3. The molecule has 20 nitrogen and oxygen atoms in total. The minimum absolute atomic E-state index is 0.129. The number of benzene rings is 1. The molecule has 0 saturated heterocycles. The molecule has 11 rings (SSSR count). The van der Waals surface area contributed by atoms with Crippen molar-refractivity contribution >= 4 is 92.3 Å². The van der Waals surface area contributed by atoms with Gasteiger partial charge in [0.25, 0.3) is 11.8 Å². The van der Waals surface area contributed by atoms with Gasteiger partial charge in [-0.05, 0) is 96.3 Å². The molecule has 1 aromatic carbocycles. The zero-order valence-electron chi connectivity index (χ0n) is 43.7. The summed E-state index contributed by atoms with van der Waals surface area (Å²) in [5, 5.41) is 42.9. The molecule has 26 heteroatoms. The Hall–Kier alpha value is -7.12. The van der Waals surface area contributed by atoms with Crippen LogP contribution in [-0.4, -0.2) is 105 Å². The van der Waals surface area contributed by atoms with Crippen LogP contribution in [0.1, 0.15) is 127 Å². The summed E-state index contributed by atoms with van der Waals surface area (Å²) in [5.74, 6) is -5.32. The summed E-state index contributed by atoms with van der Waals surface area (Å²) < 4.78 is 63.3. The lowest BCUT2D eigenvalue weighted by molar-refractivity contribution is -0.121. The molecule has 418 valence electrons. The number of amides is 3. The summed E-state index contributed by atoms with van der Waals surface area (Å²) in [7, 11) is 0. The van der Waals surface area contributed by atoms with Gasteiger partial charge in [0.15, 0.2) is 16.9 Å². The van der Waals surface area contributed by atoms with E-state index in [9.17, 15) is 47.3 Å². The van der Waals surface area contributed by atoms with E-state index >= 15 is 0 Å². The van der Waals surface area contributed by atoms with Crippen LogP contribution in [-0.2, 0) is 20.0 Å². The summed E-state index contributed by atoms with van der Waals surface area (Å²) in [6.07, 6.45) is 0.398. The summed E-state index contributed by atoms with van der Waals surface area (Å²) in [5.41, 5.74) is 1.49. The van der Waals surface area contributed by atoms with Crippen molar-refractivity contribution in [3.8, 4) is 5.88 Å². The third-order valence-corrected chi connectivity index (χ3v) is 13.5. The van der Waals surface area contributed by atoms with Crippen molar-refractivity contribution in [1.82, 2.24) is 48.8 Å². The molecule has 0 unspecified atom stereocenters. The van der Waals surface area contributed by atoms with Crippen LogP contribution < -0.4 is 16.0 Å². The van der Waals surface area contributed by atoms with Gasteiger partial charge in [-0.15, -0.1) is 0 Å². The molecular formula is C53H57Cl2F4N13O7. The van der Waals surface area contributed by atoms with E-state index in [0.717, 1.165) is 24.2 Å². The van der Waals surface area contributed by atoms with E-state index < -0.39 is 52.5 Å². The lowest BCUT2D eigenvalue weighted by Crippen LogP contribution is -2.38. The predicted molar refractivity (Wildman–Crippen MR) is 285 cm³/mol. The molecule has 0 aliphatic heterocycles. The van der Waals surface area contributed by atoms with Gasteiger partial charge in [-0.1, -0.05) is 58.7 Å². The van der Waals surface area contributed by atoms with E-state index in [2.05, 4.69) is 51.0 Å². The van der Waals surface area contributed by atoms with Crippen LogP contribution in [0.2, 0.25) is 10.3 Å². The number of aromatic nitrogens is 10. The Morgan fingerprint density at radius 2 is 1.06 bits per heavy atom. The van der Waals surface area contributed by atoms with Gasteiger partial charge in [0.05, 0.1) is 53.8 Å². The van der Waals surface area contributed by atoms with Crippen molar-refractivity contribution < 1.29 is 51.8 Å². The maximum Gasteiger partial charge on any atom is 0.252 e. The molecular weight excluding hydrogens is 1080 g/mol. The van der Waals surface area contributed by atoms with Crippen LogP contribution in [0, 0.1) is 6.92 Å². The zero-order valence-corrected chi connectivity index (χ0v) is 45.3. The Balaban J connectivity index is 0.000000146. The Bertz CT molecular complexity index is 3440. The van der Waals surface area contributed by atoms with Crippen molar-refractivity contribution in [3.63, 3.8) is 0 Å². The minimum atomic E-state index is -2.73. The number of halogens is 6. The van der Waals surface area contributed by atoms with Gasteiger partial charge in [0.2, 0.25) is 41.5 Å². The number of carbonyl (C=O) groups is 3. The van der Waals surface area contributed by atoms with Crippen LogP contribution in [0.25, 0.3) is 39.4 Å². The largest absolute Gasteiger partial charge is 0.390 e. The molecule has 0 spiro atoms. The van der Waals surface area contributed by atoms with Crippen LogP contribution in [0.5, 0.6) is 0 Å². The molecule has 3 saturated carbocycles. The third kappa shape index (κ3) is 13.7. The maximum absolute atomic E-state index is 13.3. The van der Waals surface area contributed by atoms with E-state index in [-0.39, 0.29) is 79.0 Å². The van der Waals surface area contributed by atoms with Crippen molar-refractivity contribution in [2.45, 2.75) is 146 Å². The molecule has 8 aromatic rings. The number of alkyl halides is 4. The molecule has 0 bridgehead atoms. The third-order valence-electron chi connectivity index (χ3n) is 13.1. The lowest BCUT2D eigenvalue weighted by Gasteiger charge is -2.36. The van der Waals surface area contributed by atoms with E-state index in [1.165, 1.54) is 36.8 Å². The van der Waals surface area contributed by atoms with Gasteiger partial charge < -0.3 is 19.8 Å². The smallest absolute Gasteiger partial charge is 0.252 e.